The zero-order chi connectivity index (χ0) is 16.8. The minimum absolute atomic E-state index is 0.0877. The van der Waals surface area contributed by atoms with Crippen molar-refractivity contribution in [2.45, 2.75) is 20.3 Å². The summed E-state index contributed by atoms with van der Waals surface area (Å²) in [5.41, 5.74) is 1.53. The standard InChI is InChI=1S/C16H17N3O4/c1-3-12-4-6-13(7-5-12)23-10-16(20)18-15-8-11(2)14(9-17-15)19(21)22/h4-9H,3,10H2,1-2H3,(H,17,18,20). The minimum Gasteiger partial charge on any atom is -0.484 e. The second-order valence-corrected chi connectivity index (χ2v) is 4.95. The first-order valence-electron chi connectivity index (χ1n) is 7.12. The average Bonchev–Trinajstić information content (AvgIpc) is 2.53. The Morgan fingerprint density at radius 2 is 2.04 bits per heavy atom. The van der Waals surface area contributed by atoms with Crippen LogP contribution in [-0.2, 0) is 11.2 Å². The van der Waals surface area contributed by atoms with E-state index in [9.17, 15) is 14.9 Å². The fourth-order valence-corrected chi connectivity index (χ4v) is 1.96. The van der Waals surface area contributed by atoms with Crippen LogP contribution >= 0.6 is 0 Å². The number of ether oxygens (including phenoxy) is 1. The number of nitrogens with zero attached hydrogens (tertiary/aromatic N) is 2. The van der Waals surface area contributed by atoms with E-state index in [2.05, 4.69) is 17.2 Å². The first kappa shape index (κ1) is 16.4. The van der Waals surface area contributed by atoms with Crippen LogP contribution in [0.15, 0.2) is 36.5 Å². The molecule has 0 saturated carbocycles. The summed E-state index contributed by atoms with van der Waals surface area (Å²) in [5, 5.41) is 13.3. The van der Waals surface area contributed by atoms with Gasteiger partial charge in [0.15, 0.2) is 6.61 Å². The van der Waals surface area contributed by atoms with E-state index < -0.39 is 4.92 Å². The van der Waals surface area contributed by atoms with E-state index in [-0.39, 0.29) is 24.0 Å². The first-order valence-corrected chi connectivity index (χ1v) is 7.12. The number of aryl methyl sites for hydroxylation is 2. The quantitative estimate of drug-likeness (QED) is 0.653. The third kappa shape index (κ3) is 4.50. The average molecular weight is 315 g/mol. The second kappa shape index (κ2) is 7.35. The van der Waals surface area contributed by atoms with Gasteiger partial charge in [0, 0.05) is 5.56 Å². The highest BCUT2D eigenvalue weighted by molar-refractivity contribution is 5.91. The number of nitrogens with one attached hydrogen (secondary N) is 1. The Labute approximate surface area is 133 Å². The summed E-state index contributed by atoms with van der Waals surface area (Å²) in [6.45, 7) is 3.48. The molecular formula is C16H17N3O4. The van der Waals surface area contributed by atoms with Gasteiger partial charge in [-0.25, -0.2) is 4.98 Å². The molecule has 0 unspecified atom stereocenters. The summed E-state index contributed by atoms with van der Waals surface area (Å²) in [4.78, 5) is 25.9. The lowest BCUT2D eigenvalue weighted by atomic mass is 10.2. The first-order chi connectivity index (χ1) is 11.0. The smallest absolute Gasteiger partial charge is 0.290 e. The van der Waals surface area contributed by atoms with Gasteiger partial charge in [-0.15, -0.1) is 0 Å². The Hall–Kier alpha value is -2.96. The normalized spacial score (nSPS) is 10.2. The number of hydrogen-bond donors (Lipinski definition) is 1. The molecule has 7 heteroatoms. The second-order valence-electron chi connectivity index (χ2n) is 4.95. The summed E-state index contributed by atoms with van der Waals surface area (Å²) in [7, 11) is 0. The van der Waals surface area contributed by atoms with Crippen molar-refractivity contribution in [3.05, 3.63) is 57.8 Å². The number of aromatic nitrogens is 1. The SMILES string of the molecule is CCc1ccc(OCC(=O)Nc2cc(C)c([N+](=O)[O-])cn2)cc1. The predicted octanol–water partition coefficient (Wildman–Crippen LogP) is 2.88. The van der Waals surface area contributed by atoms with Crippen molar-refractivity contribution in [1.29, 1.82) is 0 Å². The van der Waals surface area contributed by atoms with Gasteiger partial charge in [0.2, 0.25) is 0 Å². The number of anilines is 1. The molecule has 0 radical (unpaired) electrons. The topological polar surface area (TPSA) is 94.4 Å². The summed E-state index contributed by atoms with van der Waals surface area (Å²) in [6.07, 6.45) is 2.06. The number of carbonyl (C=O) groups is 1. The molecule has 7 nitrogen and oxygen atoms in total. The molecule has 0 fully saturated rings. The van der Waals surface area contributed by atoms with Gasteiger partial charge < -0.3 is 10.1 Å². The molecule has 1 aromatic carbocycles. The number of hydrogen-bond acceptors (Lipinski definition) is 5. The number of amides is 1. The van der Waals surface area contributed by atoms with Crippen LogP contribution in [0.5, 0.6) is 5.75 Å². The van der Waals surface area contributed by atoms with Gasteiger partial charge in [0.25, 0.3) is 11.6 Å². The highest BCUT2D eigenvalue weighted by Gasteiger charge is 2.12. The molecule has 0 aliphatic heterocycles. The van der Waals surface area contributed by atoms with Gasteiger partial charge in [0.05, 0.1) is 4.92 Å². The largest absolute Gasteiger partial charge is 0.484 e. The molecule has 1 N–H and O–H groups in total. The van der Waals surface area contributed by atoms with Crippen LogP contribution < -0.4 is 10.1 Å². The maximum absolute atomic E-state index is 11.8. The molecule has 0 bridgehead atoms. The van der Waals surface area contributed by atoms with Crippen LogP contribution in [0.4, 0.5) is 11.5 Å². The summed E-state index contributed by atoms with van der Waals surface area (Å²) in [5.74, 6) is 0.471. The molecule has 120 valence electrons. The van der Waals surface area contributed by atoms with Crippen LogP contribution in [0, 0.1) is 17.0 Å². The molecule has 1 heterocycles. The van der Waals surface area contributed by atoms with Gasteiger partial charge in [-0.05, 0) is 37.1 Å². The molecule has 2 rings (SSSR count). The van der Waals surface area contributed by atoms with Crippen LogP contribution in [0.1, 0.15) is 18.1 Å². The van der Waals surface area contributed by atoms with E-state index in [1.54, 1.807) is 19.1 Å². The Morgan fingerprint density at radius 1 is 1.35 bits per heavy atom. The maximum Gasteiger partial charge on any atom is 0.290 e. The van der Waals surface area contributed by atoms with Crippen LogP contribution in [0.3, 0.4) is 0 Å². The van der Waals surface area contributed by atoms with Gasteiger partial charge in [-0.3, -0.25) is 14.9 Å². The van der Waals surface area contributed by atoms with Crippen LogP contribution in [0.2, 0.25) is 0 Å². The maximum atomic E-state index is 11.8. The summed E-state index contributed by atoms with van der Waals surface area (Å²) < 4.78 is 5.38. The van der Waals surface area contributed by atoms with E-state index in [0.29, 0.717) is 11.3 Å². The fraction of sp³-hybridized carbons (Fsp3) is 0.250. The molecule has 23 heavy (non-hydrogen) atoms. The summed E-state index contributed by atoms with van der Waals surface area (Å²) >= 11 is 0. The van der Waals surface area contributed by atoms with E-state index in [1.165, 1.54) is 11.6 Å². The molecule has 0 aliphatic rings. The Morgan fingerprint density at radius 3 is 2.61 bits per heavy atom. The predicted molar refractivity (Wildman–Crippen MR) is 85.6 cm³/mol. The Kier molecular flexibility index (Phi) is 5.24. The third-order valence-electron chi connectivity index (χ3n) is 3.25. The lowest BCUT2D eigenvalue weighted by molar-refractivity contribution is -0.385. The molecule has 0 saturated heterocycles. The van der Waals surface area contributed by atoms with Crippen molar-refractivity contribution in [3.63, 3.8) is 0 Å². The molecule has 0 spiro atoms. The van der Waals surface area contributed by atoms with Crippen LogP contribution in [0.25, 0.3) is 0 Å². The van der Waals surface area contributed by atoms with Gasteiger partial charge in [-0.2, -0.15) is 0 Å². The number of rotatable bonds is 6. The van der Waals surface area contributed by atoms with E-state index in [1.807, 2.05) is 12.1 Å². The van der Waals surface area contributed by atoms with Crippen molar-refractivity contribution >= 4 is 17.4 Å². The third-order valence-corrected chi connectivity index (χ3v) is 3.25. The molecule has 0 aliphatic carbocycles. The van der Waals surface area contributed by atoms with Gasteiger partial charge in [-0.1, -0.05) is 19.1 Å². The zero-order valence-corrected chi connectivity index (χ0v) is 12.9. The molecular weight excluding hydrogens is 298 g/mol. The molecule has 1 amide bonds. The Balaban J connectivity index is 1.91. The number of pyridine rings is 1. The highest BCUT2D eigenvalue weighted by atomic mass is 16.6. The minimum atomic E-state index is -0.517. The number of nitro groups is 1. The van der Waals surface area contributed by atoms with Crippen molar-refractivity contribution in [2.75, 3.05) is 11.9 Å². The number of carbonyl (C=O) groups excluding carboxylic acids is 1. The van der Waals surface area contributed by atoms with Crippen molar-refractivity contribution in [3.8, 4) is 5.75 Å². The number of benzene rings is 1. The molecule has 2 aromatic rings. The van der Waals surface area contributed by atoms with E-state index in [4.69, 9.17) is 4.74 Å². The highest BCUT2D eigenvalue weighted by Crippen LogP contribution is 2.19. The van der Waals surface area contributed by atoms with Gasteiger partial charge in [0.1, 0.15) is 17.8 Å². The van der Waals surface area contributed by atoms with Crippen molar-refractivity contribution in [2.24, 2.45) is 0 Å². The van der Waals surface area contributed by atoms with Crippen LogP contribution in [-0.4, -0.2) is 22.4 Å². The van der Waals surface area contributed by atoms with E-state index >= 15 is 0 Å². The monoisotopic (exact) mass is 315 g/mol. The molecule has 1 aromatic heterocycles. The van der Waals surface area contributed by atoms with E-state index in [0.717, 1.165) is 12.6 Å². The van der Waals surface area contributed by atoms with Crippen molar-refractivity contribution in [1.82, 2.24) is 4.98 Å². The van der Waals surface area contributed by atoms with Gasteiger partial charge >= 0.3 is 0 Å². The Bertz CT molecular complexity index is 714. The zero-order valence-electron chi connectivity index (χ0n) is 12.9. The summed E-state index contributed by atoms with van der Waals surface area (Å²) in [6, 6.07) is 8.94. The lowest BCUT2D eigenvalue weighted by Crippen LogP contribution is -2.20. The fourth-order valence-electron chi connectivity index (χ4n) is 1.96. The van der Waals surface area contributed by atoms with Crippen molar-refractivity contribution < 1.29 is 14.5 Å². The molecule has 0 atom stereocenters. The lowest BCUT2D eigenvalue weighted by Gasteiger charge is -2.08.